The fraction of sp³-hybridized carbons (Fsp3) is 0.583. The van der Waals surface area contributed by atoms with Crippen LogP contribution in [0.5, 0.6) is 0 Å². The van der Waals surface area contributed by atoms with E-state index in [2.05, 4.69) is 0 Å². The second kappa shape index (κ2) is 5.16. The predicted molar refractivity (Wildman–Crippen MR) is 61.1 cm³/mol. The van der Waals surface area contributed by atoms with Crippen LogP contribution < -0.4 is 5.73 Å². The van der Waals surface area contributed by atoms with Gasteiger partial charge in [-0.1, -0.05) is 12.8 Å². The molecule has 1 aromatic rings. The molecule has 1 aromatic heterocycles. The Morgan fingerprint density at radius 1 is 1.50 bits per heavy atom. The third-order valence-electron chi connectivity index (χ3n) is 3.13. The van der Waals surface area contributed by atoms with Gasteiger partial charge in [0.1, 0.15) is 0 Å². The summed E-state index contributed by atoms with van der Waals surface area (Å²) in [6, 6.07) is 3.80. The molecular formula is C12H18N2O2. The molecule has 0 spiro atoms. The molecule has 1 aliphatic carbocycles. The third kappa shape index (κ3) is 2.27. The zero-order valence-electron chi connectivity index (χ0n) is 9.39. The molecule has 0 unspecified atom stereocenters. The van der Waals surface area contributed by atoms with Crippen LogP contribution in [0.2, 0.25) is 0 Å². The Labute approximate surface area is 95.4 Å². The van der Waals surface area contributed by atoms with Gasteiger partial charge in [0.15, 0.2) is 5.76 Å². The summed E-state index contributed by atoms with van der Waals surface area (Å²) in [5, 5.41) is 0. The number of carbonyl (C=O) groups is 1. The standard InChI is InChI=1S/C12H18N2O2/c13-7-8-14(10-4-1-2-5-10)12(15)11-6-3-9-16-11/h3,6,9-10H,1-2,4-5,7-8,13H2. The van der Waals surface area contributed by atoms with Crippen LogP contribution in [-0.2, 0) is 0 Å². The first-order valence-corrected chi connectivity index (χ1v) is 5.87. The SMILES string of the molecule is NCCN(C(=O)c1ccco1)C1CCCC1. The summed E-state index contributed by atoms with van der Waals surface area (Å²) in [6.45, 7) is 1.12. The lowest BCUT2D eigenvalue weighted by molar-refractivity contribution is 0.0655. The Balaban J connectivity index is 2.09. The zero-order valence-corrected chi connectivity index (χ0v) is 9.39. The predicted octanol–water partition coefficient (Wildman–Crippen LogP) is 1.62. The minimum atomic E-state index is -0.0256. The van der Waals surface area contributed by atoms with E-state index < -0.39 is 0 Å². The normalized spacial score (nSPS) is 16.6. The van der Waals surface area contributed by atoms with E-state index in [1.807, 2.05) is 4.90 Å². The summed E-state index contributed by atoms with van der Waals surface area (Å²) >= 11 is 0. The van der Waals surface area contributed by atoms with Crippen molar-refractivity contribution in [2.75, 3.05) is 13.1 Å². The van der Waals surface area contributed by atoms with E-state index in [0.29, 0.717) is 24.9 Å². The number of rotatable bonds is 4. The minimum absolute atomic E-state index is 0.0256. The lowest BCUT2D eigenvalue weighted by atomic mass is 10.2. The highest BCUT2D eigenvalue weighted by molar-refractivity contribution is 5.91. The Kier molecular flexibility index (Phi) is 3.62. The molecular weight excluding hydrogens is 204 g/mol. The van der Waals surface area contributed by atoms with Gasteiger partial charge in [-0.25, -0.2) is 0 Å². The molecule has 4 nitrogen and oxygen atoms in total. The molecule has 2 rings (SSSR count). The van der Waals surface area contributed by atoms with Gasteiger partial charge in [0.25, 0.3) is 5.91 Å². The van der Waals surface area contributed by atoms with Crippen molar-refractivity contribution in [3.8, 4) is 0 Å². The van der Waals surface area contributed by atoms with Crippen LogP contribution in [0.3, 0.4) is 0 Å². The molecule has 0 aromatic carbocycles. The molecule has 0 saturated heterocycles. The fourth-order valence-electron chi connectivity index (χ4n) is 2.35. The van der Waals surface area contributed by atoms with Gasteiger partial charge in [-0.3, -0.25) is 4.79 Å². The summed E-state index contributed by atoms with van der Waals surface area (Å²) in [5.74, 6) is 0.391. The van der Waals surface area contributed by atoms with Crippen molar-refractivity contribution >= 4 is 5.91 Å². The van der Waals surface area contributed by atoms with Gasteiger partial charge < -0.3 is 15.1 Å². The maximum Gasteiger partial charge on any atom is 0.289 e. The molecule has 1 saturated carbocycles. The molecule has 0 atom stereocenters. The van der Waals surface area contributed by atoms with Crippen LogP contribution in [0.1, 0.15) is 36.2 Å². The van der Waals surface area contributed by atoms with Crippen LogP contribution in [-0.4, -0.2) is 29.9 Å². The van der Waals surface area contributed by atoms with E-state index in [1.54, 1.807) is 12.1 Å². The van der Waals surface area contributed by atoms with Crippen molar-refractivity contribution in [1.82, 2.24) is 4.90 Å². The van der Waals surface area contributed by atoms with Gasteiger partial charge in [0, 0.05) is 19.1 Å². The topological polar surface area (TPSA) is 59.5 Å². The molecule has 0 radical (unpaired) electrons. The van der Waals surface area contributed by atoms with Crippen molar-refractivity contribution in [1.29, 1.82) is 0 Å². The molecule has 4 heteroatoms. The van der Waals surface area contributed by atoms with Crippen molar-refractivity contribution in [2.24, 2.45) is 5.73 Å². The van der Waals surface area contributed by atoms with Crippen molar-refractivity contribution in [3.05, 3.63) is 24.2 Å². The lowest BCUT2D eigenvalue weighted by Crippen LogP contribution is -2.41. The molecule has 0 aliphatic heterocycles. The molecule has 1 fully saturated rings. The van der Waals surface area contributed by atoms with Crippen LogP contribution in [0.15, 0.2) is 22.8 Å². The highest BCUT2D eigenvalue weighted by atomic mass is 16.3. The summed E-state index contributed by atoms with van der Waals surface area (Å²) in [6.07, 6.45) is 6.12. The number of nitrogens with two attached hydrogens (primary N) is 1. The summed E-state index contributed by atoms with van der Waals surface area (Å²) < 4.78 is 5.15. The highest BCUT2D eigenvalue weighted by Gasteiger charge is 2.27. The zero-order chi connectivity index (χ0) is 11.4. The Hall–Kier alpha value is -1.29. The van der Waals surface area contributed by atoms with E-state index in [9.17, 15) is 4.79 Å². The van der Waals surface area contributed by atoms with Gasteiger partial charge in [0.05, 0.1) is 6.26 Å². The molecule has 88 valence electrons. The summed E-state index contributed by atoms with van der Waals surface area (Å²) in [4.78, 5) is 14.0. The lowest BCUT2D eigenvalue weighted by Gasteiger charge is -2.27. The highest BCUT2D eigenvalue weighted by Crippen LogP contribution is 2.24. The van der Waals surface area contributed by atoms with Crippen LogP contribution in [0, 0.1) is 0 Å². The number of furan rings is 1. The summed E-state index contributed by atoms with van der Waals surface area (Å²) in [5.41, 5.74) is 5.56. The second-order valence-corrected chi connectivity index (χ2v) is 4.20. The first-order chi connectivity index (χ1) is 7.83. The summed E-state index contributed by atoms with van der Waals surface area (Å²) in [7, 11) is 0. The monoisotopic (exact) mass is 222 g/mol. The molecule has 2 N–H and O–H groups in total. The van der Waals surface area contributed by atoms with Crippen molar-refractivity contribution in [3.63, 3.8) is 0 Å². The number of carbonyl (C=O) groups excluding carboxylic acids is 1. The van der Waals surface area contributed by atoms with Crippen LogP contribution in [0.25, 0.3) is 0 Å². The maximum atomic E-state index is 12.2. The van der Waals surface area contributed by atoms with Crippen molar-refractivity contribution < 1.29 is 9.21 Å². The average molecular weight is 222 g/mol. The van der Waals surface area contributed by atoms with Gasteiger partial charge >= 0.3 is 0 Å². The maximum absolute atomic E-state index is 12.2. The quantitative estimate of drug-likeness (QED) is 0.842. The van der Waals surface area contributed by atoms with E-state index in [4.69, 9.17) is 10.2 Å². The van der Waals surface area contributed by atoms with Crippen LogP contribution >= 0.6 is 0 Å². The molecule has 1 aliphatic rings. The van der Waals surface area contributed by atoms with Gasteiger partial charge in [-0.05, 0) is 25.0 Å². The van der Waals surface area contributed by atoms with E-state index >= 15 is 0 Å². The molecule has 0 bridgehead atoms. The molecule has 16 heavy (non-hydrogen) atoms. The van der Waals surface area contributed by atoms with Gasteiger partial charge in [0.2, 0.25) is 0 Å². The van der Waals surface area contributed by atoms with Gasteiger partial charge in [-0.2, -0.15) is 0 Å². The number of hydrogen-bond donors (Lipinski definition) is 1. The Bertz CT molecular complexity index is 329. The van der Waals surface area contributed by atoms with Crippen molar-refractivity contribution in [2.45, 2.75) is 31.7 Å². The Morgan fingerprint density at radius 3 is 2.81 bits per heavy atom. The second-order valence-electron chi connectivity index (χ2n) is 4.20. The van der Waals surface area contributed by atoms with E-state index in [-0.39, 0.29) is 5.91 Å². The smallest absolute Gasteiger partial charge is 0.289 e. The largest absolute Gasteiger partial charge is 0.459 e. The van der Waals surface area contributed by atoms with Crippen LogP contribution in [0.4, 0.5) is 0 Å². The first kappa shape index (κ1) is 11.2. The minimum Gasteiger partial charge on any atom is -0.459 e. The number of hydrogen-bond acceptors (Lipinski definition) is 3. The van der Waals surface area contributed by atoms with E-state index in [1.165, 1.54) is 19.1 Å². The van der Waals surface area contributed by atoms with E-state index in [0.717, 1.165) is 12.8 Å². The first-order valence-electron chi connectivity index (χ1n) is 5.87. The molecule has 1 heterocycles. The Morgan fingerprint density at radius 2 is 2.25 bits per heavy atom. The van der Waals surface area contributed by atoms with Gasteiger partial charge in [-0.15, -0.1) is 0 Å². The number of amides is 1. The number of nitrogens with zero attached hydrogens (tertiary/aromatic N) is 1. The fourth-order valence-corrected chi connectivity index (χ4v) is 2.35. The third-order valence-corrected chi connectivity index (χ3v) is 3.13. The average Bonchev–Trinajstić information content (AvgIpc) is 2.96. The molecule has 1 amide bonds.